The molecule has 0 aromatic heterocycles. The van der Waals surface area contributed by atoms with E-state index >= 15 is 0 Å². The van der Waals surface area contributed by atoms with Crippen molar-refractivity contribution in [2.24, 2.45) is 0 Å². The summed E-state index contributed by atoms with van der Waals surface area (Å²) in [7, 11) is -0.703. The van der Waals surface area contributed by atoms with Crippen molar-refractivity contribution in [2.45, 2.75) is 32.4 Å². The topological polar surface area (TPSA) is 49.3 Å². The fraction of sp³-hybridized carbons (Fsp3) is 1.00. The van der Waals surface area contributed by atoms with Gasteiger partial charge >= 0.3 is 0 Å². The maximum atomic E-state index is 10.7. The van der Waals surface area contributed by atoms with Gasteiger partial charge in [-0.1, -0.05) is 0 Å². The van der Waals surface area contributed by atoms with Gasteiger partial charge in [0.1, 0.15) is 0 Å². The molecule has 74 valence electrons. The average Bonchev–Trinajstić information content (AvgIpc) is 1.96. The van der Waals surface area contributed by atoms with Crippen molar-refractivity contribution >= 4 is 10.8 Å². The number of hydrogen-bond donors (Lipinski definition) is 2. The fourth-order valence-corrected chi connectivity index (χ4v) is 1.50. The molecule has 0 aliphatic carbocycles. The van der Waals surface area contributed by atoms with Gasteiger partial charge in [-0.3, -0.25) is 4.21 Å². The Labute approximate surface area is 77.0 Å². The molecule has 0 amide bonds. The Bertz CT molecular complexity index is 139. The lowest BCUT2D eigenvalue weighted by atomic mass is 10.2. The first-order valence-electron chi connectivity index (χ1n) is 4.24. The molecule has 2 unspecified atom stereocenters. The third kappa shape index (κ3) is 8.17. The lowest BCUT2D eigenvalue weighted by Crippen LogP contribution is -2.33. The maximum Gasteiger partial charge on any atom is 0.0636 e. The summed E-state index contributed by atoms with van der Waals surface area (Å²) >= 11 is 0. The zero-order valence-electron chi connectivity index (χ0n) is 8.04. The lowest BCUT2D eigenvalue weighted by molar-refractivity contribution is 0.187. The van der Waals surface area contributed by atoms with E-state index in [9.17, 15) is 4.21 Å². The summed E-state index contributed by atoms with van der Waals surface area (Å²) < 4.78 is 10.7. The summed E-state index contributed by atoms with van der Waals surface area (Å²) in [6.07, 6.45) is 2.30. The SMILES string of the molecule is CC(CCS(C)=O)NC[C@H](C)O. The Morgan fingerprint density at radius 3 is 2.50 bits per heavy atom. The highest BCUT2D eigenvalue weighted by Gasteiger charge is 2.03. The number of rotatable bonds is 6. The van der Waals surface area contributed by atoms with E-state index in [0.29, 0.717) is 12.6 Å². The number of aliphatic hydroxyl groups excluding tert-OH is 1. The van der Waals surface area contributed by atoms with Gasteiger partial charge in [-0.15, -0.1) is 0 Å². The minimum absolute atomic E-state index is 0.306. The van der Waals surface area contributed by atoms with Crippen molar-refractivity contribution in [2.75, 3.05) is 18.6 Å². The Hall–Kier alpha value is 0.0700. The molecule has 3 atom stereocenters. The van der Waals surface area contributed by atoms with E-state index in [4.69, 9.17) is 5.11 Å². The number of hydrogen-bond acceptors (Lipinski definition) is 3. The smallest absolute Gasteiger partial charge is 0.0636 e. The molecule has 0 aromatic rings. The minimum atomic E-state index is -0.703. The summed E-state index contributed by atoms with van der Waals surface area (Å²) in [5.74, 6) is 0.730. The monoisotopic (exact) mass is 193 g/mol. The van der Waals surface area contributed by atoms with Crippen LogP contribution in [0.3, 0.4) is 0 Å². The van der Waals surface area contributed by atoms with E-state index in [1.165, 1.54) is 0 Å². The van der Waals surface area contributed by atoms with Crippen LogP contribution in [0.25, 0.3) is 0 Å². The van der Waals surface area contributed by atoms with Crippen LogP contribution < -0.4 is 5.32 Å². The molecule has 0 aliphatic rings. The van der Waals surface area contributed by atoms with Crippen LogP contribution in [0.1, 0.15) is 20.3 Å². The first kappa shape index (κ1) is 12.1. The Morgan fingerprint density at radius 2 is 2.08 bits per heavy atom. The average molecular weight is 193 g/mol. The molecule has 0 heterocycles. The molecule has 0 aromatic carbocycles. The molecule has 0 fully saturated rings. The Morgan fingerprint density at radius 1 is 1.50 bits per heavy atom. The number of aliphatic hydroxyl groups is 1. The van der Waals surface area contributed by atoms with Crippen LogP contribution in [0.2, 0.25) is 0 Å². The summed E-state index contributed by atoms with van der Waals surface area (Å²) in [6, 6.07) is 0.337. The van der Waals surface area contributed by atoms with Crippen molar-refractivity contribution in [1.29, 1.82) is 0 Å². The van der Waals surface area contributed by atoms with E-state index < -0.39 is 10.8 Å². The quantitative estimate of drug-likeness (QED) is 0.629. The standard InChI is InChI=1S/C8H19NO2S/c1-7(4-5-12(3)11)9-6-8(2)10/h7-10H,4-6H2,1-3H3/t7?,8-,12?/m0/s1. The van der Waals surface area contributed by atoms with Gasteiger partial charge in [-0.2, -0.15) is 0 Å². The molecule has 0 radical (unpaired) electrons. The molecule has 2 N–H and O–H groups in total. The lowest BCUT2D eigenvalue weighted by Gasteiger charge is -2.13. The van der Waals surface area contributed by atoms with E-state index in [2.05, 4.69) is 5.32 Å². The van der Waals surface area contributed by atoms with Crippen LogP contribution in [0.4, 0.5) is 0 Å². The third-order valence-electron chi connectivity index (χ3n) is 1.60. The number of nitrogens with one attached hydrogen (secondary N) is 1. The Kier molecular flexibility index (Phi) is 6.61. The largest absolute Gasteiger partial charge is 0.392 e. The van der Waals surface area contributed by atoms with Crippen molar-refractivity contribution in [1.82, 2.24) is 5.32 Å². The Balaban J connectivity index is 3.33. The second-order valence-electron chi connectivity index (χ2n) is 3.22. The molecule has 4 heteroatoms. The molecule has 0 saturated heterocycles. The van der Waals surface area contributed by atoms with Gasteiger partial charge in [0.25, 0.3) is 0 Å². The van der Waals surface area contributed by atoms with Gasteiger partial charge in [-0.25, -0.2) is 0 Å². The van der Waals surface area contributed by atoms with E-state index in [-0.39, 0.29) is 6.10 Å². The summed E-state index contributed by atoms with van der Waals surface area (Å²) in [5.41, 5.74) is 0. The first-order valence-corrected chi connectivity index (χ1v) is 5.96. The maximum absolute atomic E-state index is 10.7. The van der Waals surface area contributed by atoms with Gasteiger partial charge in [-0.05, 0) is 20.3 Å². The van der Waals surface area contributed by atoms with Crippen LogP contribution in [0, 0.1) is 0 Å². The van der Waals surface area contributed by atoms with Crippen LogP contribution in [-0.2, 0) is 10.8 Å². The third-order valence-corrected chi connectivity index (χ3v) is 2.41. The minimum Gasteiger partial charge on any atom is -0.392 e. The second-order valence-corrected chi connectivity index (χ2v) is 4.78. The fourth-order valence-electron chi connectivity index (χ4n) is 0.817. The van der Waals surface area contributed by atoms with Crippen LogP contribution in [-0.4, -0.2) is 40.0 Å². The normalized spacial score (nSPS) is 18.7. The predicted octanol–water partition coefficient (Wildman–Crippen LogP) is 0.114. The zero-order chi connectivity index (χ0) is 9.56. The van der Waals surface area contributed by atoms with Crippen LogP contribution >= 0.6 is 0 Å². The molecule has 0 bridgehead atoms. The second kappa shape index (κ2) is 6.57. The molecule has 0 rings (SSSR count). The molecule has 0 saturated carbocycles. The van der Waals surface area contributed by atoms with E-state index in [1.54, 1.807) is 13.2 Å². The first-order chi connectivity index (χ1) is 5.52. The zero-order valence-corrected chi connectivity index (χ0v) is 8.86. The summed E-state index contributed by atoms with van der Waals surface area (Å²) in [4.78, 5) is 0. The summed E-state index contributed by atoms with van der Waals surface area (Å²) in [6.45, 7) is 4.39. The molecule has 12 heavy (non-hydrogen) atoms. The van der Waals surface area contributed by atoms with Gasteiger partial charge in [0.15, 0.2) is 0 Å². The van der Waals surface area contributed by atoms with Crippen LogP contribution in [0.5, 0.6) is 0 Å². The molecular weight excluding hydrogens is 174 g/mol. The highest BCUT2D eigenvalue weighted by Crippen LogP contribution is 1.92. The van der Waals surface area contributed by atoms with Crippen molar-refractivity contribution in [3.05, 3.63) is 0 Å². The van der Waals surface area contributed by atoms with Gasteiger partial charge < -0.3 is 10.4 Å². The highest BCUT2D eigenvalue weighted by atomic mass is 32.2. The highest BCUT2D eigenvalue weighted by molar-refractivity contribution is 7.84. The van der Waals surface area contributed by atoms with Crippen molar-refractivity contribution < 1.29 is 9.32 Å². The van der Waals surface area contributed by atoms with Crippen LogP contribution in [0.15, 0.2) is 0 Å². The van der Waals surface area contributed by atoms with Gasteiger partial charge in [0.05, 0.1) is 6.10 Å². The predicted molar refractivity (Wildman–Crippen MR) is 52.7 cm³/mol. The summed E-state index contributed by atoms with van der Waals surface area (Å²) in [5, 5.41) is 12.1. The van der Waals surface area contributed by atoms with Crippen molar-refractivity contribution in [3.8, 4) is 0 Å². The molecular formula is C8H19NO2S. The van der Waals surface area contributed by atoms with E-state index in [0.717, 1.165) is 12.2 Å². The van der Waals surface area contributed by atoms with Crippen molar-refractivity contribution in [3.63, 3.8) is 0 Å². The van der Waals surface area contributed by atoms with Gasteiger partial charge in [0.2, 0.25) is 0 Å². The molecule has 0 aliphatic heterocycles. The van der Waals surface area contributed by atoms with E-state index in [1.807, 2.05) is 6.92 Å². The van der Waals surface area contributed by atoms with Gasteiger partial charge in [0, 0.05) is 35.4 Å². The molecule has 0 spiro atoms. The molecule has 3 nitrogen and oxygen atoms in total.